The summed E-state index contributed by atoms with van der Waals surface area (Å²) >= 11 is 3.81. The van der Waals surface area contributed by atoms with Gasteiger partial charge < -0.3 is 9.47 Å². The van der Waals surface area contributed by atoms with Crippen LogP contribution < -0.4 is 9.47 Å². The quantitative estimate of drug-likeness (QED) is 0.459. The molecule has 0 spiro atoms. The molecule has 3 heteroatoms. The van der Waals surface area contributed by atoms with Gasteiger partial charge in [-0.05, 0) is 85.0 Å². The van der Waals surface area contributed by atoms with Crippen molar-refractivity contribution in [2.45, 2.75) is 60.3 Å². The lowest BCUT2D eigenvalue weighted by Crippen LogP contribution is -2.12. The number of alkyl halides is 1. The van der Waals surface area contributed by atoms with Gasteiger partial charge in [0.25, 0.3) is 0 Å². The molecule has 2 rings (SSSR count). The Morgan fingerprint density at radius 2 is 1.11 bits per heavy atom. The number of methoxy groups -OCH3 is 2. The van der Waals surface area contributed by atoms with Crippen molar-refractivity contribution in [2.75, 3.05) is 19.5 Å². The Morgan fingerprint density at radius 1 is 0.741 bits per heavy atom. The van der Waals surface area contributed by atoms with E-state index in [1.54, 1.807) is 14.2 Å². The number of hydrogen-bond donors (Lipinski definition) is 0. The maximum atomic E-state index is 5.70. The van der Waals surface area contributed by atoms with Crippen LogP contribution in [0.25, 0.3) is 0 Å². The average Bonchev–Trinajstić information content (AvgIpc) is 2.68. The first-order valence-corrected chi connectivity index (χ1v) is 10.9. The van der Waals surface area contributed by atoms with Crippen LogP contribution in [0.2, 0.25) is 0 Å². The fraction of sp³-hybridized carbons (Fsp3) is 0.500. The van der Waals surface area contributed by atoms with Gasteiger partial charge >= 0.3 is 0 Å². The molecular weight excluding hydrogens is 400 g/mol. The zero-order chi connectivity index (χ0) is 20.3. The second-order valence-electron chi connectivity index (χ2n) is 7.23. The lowest BCUT2D eigenvalue weighted by molar-refractivity contribution is 0.406. The Balaban J connectivity index is 2.75. The van der Waals surface area contributed by atoms with E-state index in [9.17, 15) is 0 Å². The van der Waals surface area contributed by atoms with Crippen molar-refractivity contribution in [3.63, 3.8) is 0 Å². The van der Waals surface area contributed by atoms with E-state index in [0.717, 1.165) is 29.7 Å². The topological polar surface area (TPSA) is 18.5 Å². The Morgan fingerprint density at radius 3 is 1.37 bits per heavy atom. The van der Waals surface area contributed by atoms with Gasteiger partial charge in [-0.1, -0.05) is 41.9 Å². The molecule has 27 heavy (non-hydrogen) atoms. The van der Waals surface area contributed by atoms with Crippen LogP contribution in [0.15, 0.2) is 12.1 Å². The molecule has 0 aliphatic heterocycles. The molecule has 2 nitrogen and oxygen atoms in total. The van der Waals surface area contributed by atoms with Gasteiger partial charge in [0.05, 0.1) is 14.2 Å². The molecule has 0 aromatic heterocycles. The number of benzene rings is 2. The van der Waals surface area contributed by atoms with Gasteiger partial charge in [0.2, 0.25) is 0 Å². The highest BCUT2D eigenvalue weighted by atomic mass is 79.9. The van der Waals surface area contributed by atoms with Gasteiger partial charge in [0.1, 0.15) is 11.5 Å². The summed E-state index contributed by atoms with van der Waals surface area (Å²) in [6.45, 7) is 13.2. The van der Waals surface area contributed by atoms with E-state index < -0.39 is 0 Å². The normalized spacial score (nSPS) is 11.2. The lowest BCUT2D eigenvalue weighted by atomic mass is 9.82. The predicted octanol–water partition coefficient (Wildman–Crippen LogP) is 6.59. The van der Waals surface area contributed by atoms with E-state index in [-0.39, 0.29) is 0 Å². The van der Waals surface area contributed by atoms with Gasteiger partial charge in [-0.15, -0.1) is 0 Å². The molecule has 0 heterocycles. The zero-order valence-electron chi connectivity index (χ0n) is 18.0. The molecule has 0 saturated carbocycles. The van der Waals surface area contributed by atoms with E-state index >= 15 is 0 Å². The van der Waals surface area contributed by atoms with Gasteiger partial charge in [-0.3, -0.25) is 0 Å². The Hall–Kier alpha value is -1.48. The molecule has 0 saturated heterocycles. The molecule has 0 aliphatic carbocycles. The maximum absolute atomic E-state index is 5.70. The summed E-state index contributed by atoms with van der Waals surface area (Å²) in [5, 5.41) is 0.887. The molecule has 0 bridgehead atoms. The molecule has 0 amide bonds. The summed E-state index contributed by atoms with van der Waals surface area (Å²) in [6, 6.07) is 4.69. The monoisotopic (exact) mass is 432 g/mol. The predicted molar refractivity (Wildman–Crippen MR) is 119 cm³/mol. The van der Waals surface area contributed by atoms with Crippen molar-refractivity contribution in [1.29, 1.82) is 0 Å². The second kappa shape index (κ2) is 9.14. The van der Waals surface area contributed by atoms with Crippen molar-refractivity contribution in [2.24, 2.45) is 0 Å². The van der Waals surface area contributed by atoms with Crippen LogP contribution in [0.1, 0.15) is 64.3 Å². The van der Waals surface area contributed by atoms with E-state index in [2.05, 4.69) is 69.6 Å². The lowest BCUT2D eigenvalue weighted by Gasteiger charge is -2.26. The second-order valence-corrected chi connectivity index (χ2v) is 7.88. The first-order chi connectivity index (χ1) is 12.9. The molecule has 148 valence electrons. The number of rotatable bonds is 7. The average molecular weight is 433 g/mol. The SMILES string of the molecule is CCc1cc(C(CBr)c2cc(CC)c(OC)c(C)c2C)c(C)c(C)c1OC. The Kier molecular flexibility index (Phi) is 7.39. The fourth-order valence-electron chi connectivity index (χ4n) is 4.13. The van der Waals surface area contributed by atoms with Gasteiger partial charge in [-0.25, -0.2) is 0 Å². The smallest absolute Gasteiger partial charge is 0.125 e. The summed E-state index contributed by atoms with van der Waals surface area (Å²) in [7, 11) is 3.54. The summed E-state index contributed by atoms with van der Waals surface area (Å²) in [6.07, 6.45) is 1.93. The molecular formula is C24H33BrO2. The van der Waals surface area contributed by atoms with Crippen LogP contribution in [0.3, 0.4) is 0 Å². The first kappa shape index (κ1) is 21.8. The van der Waals surface area contributed by atoms with Gasteiger partial charge in [0.15, 0.2) is 0 Å². The third-order valence-corrected chi connectivity index (χ3v) is 6.64. The van der Waals surface area contributed by atoms with E-state index in [1.807, 2.05) is 0 Å². The van der Waals surface area contributed by atoms with E-state index in [4.69, 9.17) is 9.47 Å². The highest BCUT2D eigenvalue weighted by Gasteiger charge is 2.24. The highest BCUT2D eigenvalue weighted by molar-refractivity contribution is 9.09. The highest BCUT2D eigenvalue weighted by Crippen LogP contribution is 2.40. The van der Waals surface area contributed by atoms with Crippen molar-refractivity contribution < 1.29 is 9.47 Å². The number of aryl methyl sites for hydroxylation is 2. The largest absolute Gasteiger partial charge is 0.496 e. The number of halogens is 1. The first-order valence-electron chi connectivity index (χ1n) is 9.75. The van der Waals surface area contributed by atoms with Crippen LogP contribution >= 0.6 is 15.9 Å². The minimum absolute atomic E-state index is 0.301. The van der Waals surface area contributed by atoms with Crippen LogP contribution in [-0.2, 0) is 12.8 Å². The summed E-state index contributed by atoms with van der Waals surface area (Å²) in [4.78, 5) is 0. The van der Waals surface area contributed by atoms with Crippen molar-refractivity contribution in [1.82, 2.24) is 0 Å². The van der Waals surface area contributed by atoms with Crippen LogP contribution in [0, 0.1) is 27.7 Å². The third kappa shape index (κ3) is 3.89. The van der Waals surface area contributed by atoms with Crippen LogP contribution in [0.5, 0.6) is 11.5 Å². The standard InChI is InChI=1S/C24H33BrO2/c1-9-18-11-20(14(3)16(5)23(18)26-7)22(13-25)21-12-19(10-2)24(27-8)17(6)15(21)4/h11-12,22H,9-10,13H2,1-8H3. The minimum Gasteiger partial charge on any atom is -0.496 e. The van der Waals surface area contributed by atoms with Crippen LogP contribution in [-0.4, -0.2) is 19.5 Å². The molecule has 2 aromatic carbocycles. The molecule has 0 unspecified atom stereocenters. The molecule has 0 N–H and O–H groups in total. The molecule has 0 fully saturated rings. The van der Waals surface area contributed by atoms with E-state index in [0.29, 0.717) is 5.92 Å². The maximum Gasteiger partial charge on any atom is 0.125 e. The molecule has 0 radical (unpaired) electrons. The fourth-order valence-corrected chi connectivity index (χ4v) is 4.83. The van der Waals surface area contributed by atoms with Crippen LogP contribution in [0.4, 0.5) is 0 Å². The Labute approximate surface area is 173 Å². The Bertz CT molecular complexity index is 757. The summed E-state index contributed by atoms with van der Waals surface area (Å²) in [5.41, 5.74) is 10.5. The molecule has 2 aromatic rings. The van der Waals surface area contributed by atoms with E-state index in [1.165, 1.54) is 44.5 Å². The van der Waals surface area contributed by atoms with Gasteiger partial charge in [0, 0.05) is 11.2 Å². The molecule has 0 aliphatic rings. The number of ether oxygens (including phenoxy) is 2. The van der Waals surface area contributed by atoms with Crippen molar-refractivity contribution in [3.05, 3.63) is 56.6 Å². The van der Waals surface area contributed by atoms with Crippen molar-refractivity contribution >= 4 is 15.9 Å². The van der Waals surface area contributed by atoms with Gasteiger partial charge in [-0.2, -0.15) is 0 Å². The third-order valence-electron chi connectivity index (χ3n) is 5.99. The van der Waals surface area contributed by atoms with Crippen molar-refractivity contribution in [3.8, 4) is 11.5 Å². The summed E-state index contributed by atoms with van der Waals surface area (Å²) in [5.74, 6) is 2.36. The minimum atomic E-state index is 0.301. The molecule has 0 atom stereocenters. The number of hydrogen-bond acceptors (Lipinski definition) is 2. The zero-order valence-corrected chi connectivity index (χ0v) is 19.6. The summed E-state index contributed by atoms with van der Waals surface area (Å²) < 4.78 is 11.4.